The van der Waals surface area contributed by atoms with Crippen LogP contribution in [0.2, 0.25) is 0 Å². The second kappa shape index (κ2) is 5.56. The van der Waals surface area contributed by atoms with Gasteiger partial charge in [0, 0.05) is 18.4 Å². The molecule has 3 N–H and O–H groups in total. The van der Waals surface area contributed by atoms with E-state index >= 15 is 0 Å². The fourth-order valence-electron chi connectivity index (χ4n) is 1.96. The van der Waals surface area contributed by atoms with Crippen LogP contribution in [0.5, 0.6) is 0 Å². The van der Waals surface area contributed by atoms with E-state index in [1.807, 2.05) is 31.2 Å². The SMILES string of the molecule is CC(CNc1cc2ccccc2c(=O)[nH]1)CC(=O)O. The number of aromatic nitrogens is 1. The van der Waals surface area contributed by atoms with Crippen molar-refractivity contribution in [2.45, 2.75) is 13.3 Å². The number of rotatable bonds is 5. The fourth-order valence-corrected chi connectivity index (χ4v) is 1.96. The third-order valence-corrected chi connectivity index (χ3v) is 2.92. The molecule has 1 heterocycles. The summed E-state index contributed by atoms with van der Waals surface area (Å²) in [6, 6.07) is 9.18. The molecule has 1 unspecified atom stereocenters. The Morgan fingerprint density at radius 2 is 2.16 bits per heavy atom. The summed E-state index contributed by atoms with van der Waals surface area (Å²) < 4.78 is 0. The zero-order valence-electron chi connectivity index (χ0n) is 10.6. The average molecular weight is 260 g/mol. The van der Waals surface area contributed by atoms with E-state index in [4.69, 9.17) is 5.11 Å². The van der Waals surface area contributed by atoms with Gasteiger partial charge in [-0.05, 0) is 23.4 Å². The van der Waals surface area contributed by atoms with Gasteiger partial charge in [0.25, 0.3) is 5.56 Å². The predicted molar refractivity (Wildman–Crippen MR) is 74.5 cm³/mol. The number of aliphatic carboxylic acids is 1. The normalized spacial score (nSPS) is 12.3. The van der Waals surface area contributed by atoms with Crippen molar-refractivity contribution in [3.63, 3.8) is 0 Å². The predicted octanol–water partition coefficient (Wildman–Crippen LogP) is 2.05. The molecule has 1 atom stereocenters. The first-order valence-electron chi connectivity index (χ1n) is 6.14. The molecule has 2 rings (SSSR count). The van der Waals surface area contributed by atoms with Gasteiger partial charge in [-0.3, -0.25) is 9.59 Å². The molecule has 0 spiro atoms. The molecule has 0 saturated carbocycles. The van der Waals surface area contributed by atoms with Crippen LogP contribution in [0.1, 0.15) is 13.3 Å². The van der Waals surface area contributed by atoms with Gasteiger partial charge in [0.1, 0.15) is 5.82 Å². The standard InChI is InChI=1S/C14H16N2O3/c1-9(6-13(17)18)8-15-12-7-10-4-2-3-5-11(10)14(19)16-12/h2-5,7,9H,6,8H2,1H3,(H,17,18)(H2,15,16,19). The number of carboxylic acid groups (broad SMARTS) is 1. The van der Waals surface area contributed by atoms with Gasteiger partial charge < -0.3 is 15.4 Å². The second-order valence-electron chi connectivity index (χ2n) is 4.68. The maximum Gasteiger partial charge on any atom is 0.303 e. The number of anilines is 1. The summed E-state index contributed by atoms with van der Waals surface area (Å²) in [5.74, 6) is -0.213. The number of hydrogen-bond donors (Lipinski definition) is 3. The lowest BCUT2D eigenvalue weighted by Gasteiger charge is -2.11. The molecule has 0 aliphatic heterocycles. The van der Waals surface area contributed by atoms with Crippen LogP contribution in [0.15, 0.2) is 35.1 Å². The number of benzene rings is 1. The molecule has 1 aromatic carbocycles. The Labute approximate surface area is 110 Å². The molecule has 0 aliphatic rings. The number of carboxylic acids is 1. The summed E-state index contributed by atoms with van der Waals surface area (Å²) in [6.07, 6.45) is 0.102. The van der Waals surface area contributed by atoms with Crippen molar-refractivity contribution in [2.75, 3.05) is 11.9 Å². The van der Waals surface area contributed by atoms with Crippen molar-refractivity contribution in [1.82, 2.24) is 4.98 Å². The largest absolute Gasteiger partial charge is 0.481 e. The van der Waals surface area contributed by atoms with Gasteiger partial charge in [0.05, 0.1) is 0 Å². The molecule has 5 nitrogen and oxygen atoms in total. The quantitative estimate of drug-likeness (QED) is 0.768. The molecule has 0 fully saturated rings. The molecule has 0 radical (unpaired) electrons. The van der Waals surface area contributed by atoms with Crippen LogP contribution in [0, 0.1) is 5.92 Å². The Balaban J connectivity index is 2.13. The summed E-state index contributed by atoms with van der Waals surface area (Å²) in [5.41, 5.74) is -0.147. The van der Waals surface area contributed by atoms with E-state index in [9.17, 15) is 9.59 Å². The van der Waals surface area contributed by atoms with Gasteiger partial charge in [-0.1, -0.05) is 25.1 Å². The molecule has 100 valence electrons. The summed E-state index contributed by atoms with van der Waals surface area (Å²) in [7, 11) is 0. The molecule has 5 heteroatoms. The van der Waals surface area contributed by atoms with E-state index < -0.39 is 5.97 Å². The first-order valence-corrected chi connectivity index (χ1v) is 6.14. The Hall–Kier alpha value is -2.30. The highest BCUT2D eigenvalue weighted by Crippen LogP contribution is 2.13. The number of pyridine rings is 1. The molecular formula is C14H16N2O3. The van der Waals surface area contributed by atoms with E-state index in [0.717, 1.165) is 5.39 Å². The lowest BCUT2D eigenvalue weighted by atomic mass is 10.1. The summed E-state index contributed by atoms with van der Waals surface area (Å²) in [6.45, 7) is 2.35. The number of fused-ring (bicyclic) bond motifs is 1. The van der Waals surface area contributed by atoms with E-state index in [0.29, 0.717) is 17.7 Å². The minimum atomic E-state index is -0.818. The highest BCUT2D eigenvalue weighted by molar-refractivity contribution is 5.83. The summed E-state index contributed by atoms with van der Waals surface area (Å²) in [4.78, 5) is 25.1. The van der Waals surface area contributed by atoms with Crippen molar-refractivity contribution < 1.29 is 9.90 Å². The third kappa shape index (κ3) is 3.34. The lowest BCUT2D eigenvalue weighted by molar-refractivity contribution is -0.137. The minimum Gasteiger partial charge on any atom is -0.481 e. The minimum absolute atomic E-state index is 0.00697. The van der Waals surface area contributed by atoms with Crippen LogP contribution >= 0.6 is 0 Å². The average Bonchev–Trinajstić information content (AvgIpc) is 2.36. The maximum absolute atomic E-state index is 11.8. The van der Waals surface area contributed by atoms with Crippen molar-refractivity contribution in [3.8, 4) is 0 Å². The third-order valence-electron chi connectivity index (χ3n) is 2.92. The molecule has 0 amide bonds. The second-order valence-corrected chi connectivity index (χ2v) is 4.68. The van der Waals surface area contributed by atoms with Gasteiger partial charge in [-0.25, -0.2) is 0 Å². The van der Waals surface area contributed by atoms with Gasteiger partial charge in [0.15, 0.2) is 0 Å². The first-order chi connectivity index (χ1) is 9.06. The van der Waals surface area contributed by atoms with Gasteiger partial charge in [-0.15, -0.1) is 0 Å². The fraction of sp³-hybridized carbons (Fsp3) is 0.286. The smallest absolute Gasteiger partial charge is 0.303 e. The lowest BCUT2D eigenvalue weighted by Crippen LogP contribution is -2.17. The van der Waals surface area contributed by atoms with E-state index in [2.05, 4.69) is 10.3 Å². The van der Waals surface area contributed by atoms with Crippen LogP contribution in [-0.2, 0) is 4.79 Å². The molecular weight excluding hydrogens is 244 g/mol. The van der Waals surface area contributed by atoms with Gasteiger partial charge in [-0.2, -0.15) is 0 Å². The van der Waals surface area contributed by atoms with Crippen LogP contribution in [0.4, 0.5) is 5.82 Å². The number of aromatic amines is 1. The Morgan fingerprint density at radius 1 is 1.42 bits per heavy atom. The van der Waals surface area contributed by atoms with Crippen LogP contribution in [0.3, 0.4) is 0 Å². The maximum atomic E-state index is 11.8. The van der Waals surface area contributed by atoms with Gasteiger partial charge in [0.2, 0.25) is 0 Å². The molecule has 1 aromatic heterocycles. The molecule has 0 bridgehead atoms. The van der Waals surface area contributed by atoms with Crippen molar-refractivity contribution >= 4 is 22.6 Å². The van der Waals surface area contributed by atoms with Crippen molar-refractivity contribution in [1.29, 1.82) is 0 Å². The number of H-pyrrole nitrogens is 1. The number of hydrogen-bond acceptors (Lipinski definition) is 3. The highest BCUT2D eigenvalue weighted by Gasteiger charge is 2.08. The van der Waals surface area contributed by atoms with Crippen molar-refractivity contribution in [3.05, 3.63) is 40.7 Å². The monoisotopic (exact) mass is 260 g/mol. The number of nitrogens with one attached hydrogen (secondary N) is 2. The van der Waals surface area contributed by atoms with Crippen LogP contribution in [-0.4, -0.2) is 22.6 Å². The zero-order valence-corrected chi connectivity index (χ0v) is 10.6. The molecule has 19 heavy (non-hydrogen) atoms. The molecule has 0 aliphatic carbocycles. The Bertz CT molecular complexity index is 648. The number of carbonyl (C=O) groups is 1. The molecule has 0 saturated heterocycles. The molecule has 2 aromatic rings. The summed E-state index contributed by atoms with van der Waals surface area (Å²) >= 11 is 0. The first kappa shape index (κ1) is 13.1. The van der Waals surface area contributed by atoms with E-state index in [1.54, 1.807) is 6.07 Å². The summed E-state index contributed by atoms with van der Waals surface area (Å²) in [5, 5.41) is 13.3. The van der Waals surface area contributed by atoms with E-state index in [-0.39, 0.29) is 17.9 Å². The topological polar surface area (TPSA) is 82.2 Å². The van der Waals surface area contributed by atoms with Crippen molar-refractivity contribution in [2.24, 2.45) is 5.92 Å². The van der Waals surface area contributed by atoms with Gasteiger partial charge >= 0.3 is 5.97 Å². The Kier molecular flexibility index (Phi) is 3.85. The van der Waals surface area contributed by atoms with Crippen LogP contribution < -0.4 is 10.9 Å². The van der Waals surface area contributed by atoms with Crippen LogP contribution in [0.25, 0.3) is 10.8 Å². The Morgan fingerprint density at radius 3 is 2.89 bits per heavy atom. The zero-order chi connectivity index (χ0) is 13.8. The van der Waals surface area contributed by atoms with E-state index in [1.165, 1.54) is 0 Å². The highest BCUT2D eigenvalue weighted by atomic mass is 16.4.